The molecule has 0 atom stereocenters. The highest BCUT2D eigenvalue weighted by Gasteiger charge is 2.17. The summed E-state index contributed by atoms with van der Waals surface area (Å²) >= 11 is 1.32. The van der Waals surface area contributed by atoms with Gasteiger partial charge in [-0.25, -0.2) is 4.98 Å². The summed E-state index contributed by atoms with van der Waals surface area (Å²) in [5.41, 5.74) is 5.84. The van der Waals surface area contributed by atoms with Crippen LogP contribution in [0.25, 0.3) is 10.9 Å². The molecule has 0 aliphatic heterocycles. The van der Waals surface area contributed by atoms with Crippen LogP contribution in [0.3, 0.4) is 0 Å². The number of rotatable bonds is 8. The van der Waals surface area contributed by atoms with Crippen LogP contribution in [0.1, 0.15) is 39.0 Å². The summed E-state index contributed by atoms with van der Waals surface area (Å²) in [5, 5.41) is 1.16. The average Bonchev–Trinajstić information content (AvgIpc) is 2.75. The standard InChI is InChI=1S/C24H28N2O3S/c1-15-13-20(18(4)17(3)16(15)2)22(27)14-30-24-25-21-10-7-6-9-19(21)23(28)26(24)11-8-12-29-5/h6-7,9-10,13H,8,11-12,14H2,1-5H3. The van der Waals surface area contributed by atoms with Gasteiger partial charge in [-0.3, -0.25) is 14.2 Å². The maximum Gasteiger partial charge on any atom is 0.262 e. The van der Waals surface area contributed by atoms with Crippen LogP contribution >= 0.6 is 11.8 Å². The Morgan fingerprint density at radius 2 is 1.83 bits per heavy atom. The van der Waals surface area contributed by atoms with E-state index in [2.05, 4.69) is 18.8 Å². The van der Waals surface area contributed by atoms with Gasteiger partial charge in [0.05, 0.1) is 16.7 Å². The lowest BCUT2D eigenvalue weighted by atomic mass is 9.93. The topological polar surface area (TPSA) is 61.2 Å². The molecule has 0 aliphatic rings. The molecule has 0 amide bonds. The molecule has 30 heavy (non-hydrogen) atoms. The van der Waals surface area contributed by atoms with Gasteiger partial charge in [-0.05, 0) is 74.6 Å². The Labute approximate surface area is 181 Å². The highest BCUT2D eigenvalue weighted by Crippen LogP contribution is 2.24. The molecule has 0 saturated carbocycles. The normalized spacial score (nSPS) is 11.2. The van der Waals surface area contributed by atoms with E-state index >= 15 is 0 Å². The number of Topliss-reactive ketones (excluding diaryl/α,β-unsaturated/α-hetero) is 1. The van der Waals surface area contributed by atoms with Crippen molar-refractivity contribution in [1.82, 2.24) is 9.55 Å². The lowest BCUT2D eigenvalue weighted by molar-refractivity contribution is 0.102. The summed E-state index contributed by atoms with van der Waals surface area (Å²) in [5.74, 6) is 0.284. The number of thioether (sulfide) groups is 1. The Balaban J connectivity index is 1.92. The lowest BCUT2D eigenvalue weighted by Crippen LogP contribution is -2.24. The van der Waals surface area contributed by atoms with Crippen LogP contribution in [-0.4, -0.2) is 34.8 Å². The van der Waals surface area contributed by atoms with Crippen molar-refractivity contribution in [1.29, 1.82) is 0 Å². The second-order valence-electron chi connectivity index (χ2n) is 7.54. The van der Waals surface area contributed by atoms with Crippen LogP contribution in [0.4, 0.5) is 0 Å². The zero-order valence-corrected chi connectivity index (χ0v) is 19.1. The molecule has 2 aromatic carbocycles. The van der Waals surface area contributed by atoms with Crippen LogP contribution < -0.4 is 5.56 Å². The Bertz CT molecular complexity index is 1150. The van der Waals surface area contributed by atoms with Gasteiger partial charge < -0.3 is 4.74 Å². The minimum absolute atomic E-state index is 0.0505. The van der Waals surface area contributed by atoms with E-state index in [0.29, 0.717) is 35.6 Å². The smallest absolute Gasteiger partial charge is 0.262 e. The van der Waals surface area contributed by atoms with E-state index in [4.69, 9.17) is 4.74 Å². The number of fused-ring (bicyclic) bond motifs is 1. The molecule has 0 bridgehead atoms. The molecule has 0 N–H and O–H groups in total. The molecule has 1 heterocycles. The molecule has 3 aromatic rings. The molecule has 1 aromatic heterocycles. The molecule has 0 spiro atoms. The summed E-state index contributed by atoms with van der Waals surface area (Å²) in [6.07, 6.45) is 0.702. The number of carbonyl (C=O) groups excluding carboxylic acids is 1. The third-order valence-corrected chi connectivity index (χ3v) is 6.65. The summed E-state index contributed by atoms with van der Waals surface area (Å²) in [7, 11) is 1.64. The van der Waals surface area contributed by atoms with Crippen molar-refractivity contribution < 1.29 is 9.53 Å². The number of hydrogen-bond donors (Lipinski definition) is 0. The zero-order valence-electron chi connectivity index (χ0n) is 18.2. The van der Waals surface area contributed by atoms with Crippen LogP contribution in [0.2, 0.25) is 0 Å². The first kappa shape index (κ1) is 22.2. The fraction of sp³-hybridized carbons (Fsp3) is 0.375. The first-order valence-corrected chi connectivity index (χ1v) is 11.1. The van der Waals surface area contributed by atoms with Crippen LogP contribution in [0.5, 0.6) is 0 Å². The fourth-order valence-electron chi connectivity index (χ4n) is 3.53. The predicted octanol–water partition coefficient (Wildman–Crippen LogP) is 4.64. The molecule has 0 fully saturated rings. The summed E-state index contributed by atoms with van der Waals surface area (Å²) in [4.78, 5) is 30.7. The largest absolute Gasteiger partial charge is 0.385 e. The summed E-state index contributed by atoms with van der Waals surface area (Å²) < 4.78 is 6.80. The van der Waals surface area contributed by atoms with Gasteiger partial charge in [0, 0.05) is 25.8 Å². The van der Waals surface area contributed by atoms with Gasteiger partial charge in [0.15, 0.2) is 10.9 Å². The van der Waals surface area contributed by atoms with Crippen molar-refractivity contribution in [3.63, 3.8) is 0 Å². The number of nitrogens with zero attached hydrogens (tertiary/aromatic N) is 2. The van der Waals surface area contributed by atoms with E-state index in [9.17, 15) is 9.59 Å². The second kappa shape index (κ2) is 9.58. The van der Waals surface area contributed by atoms with Gasteiger partial charge in [0.2, 0.25) is 0 Å². The van der Waals surface area contributed by atoms with E-state index in [1.807, 2.05) is 38.1 Å². The molecule has 0 saturated heterocycles. The molecule has 0 unspecified atom stereocenters. The SMILES string of the molecule is COCCCn1c(SCC(=O)c2cc(C)c(C)c(C)c2C)nc2ccccc2c1=O. The number of aromatic nitrogens is 2. The van der Waals surface area contributed by atoms with Crippen LogP contribution in [-0.2, 0) is 11.3 Å². The average molecular weight is 425 g/mol. The summed E-state index contributed by atoms with van der Waals surface area (Å²) in [6, 6.07) is 9.30. The van der Waals surface area contributed by atoms with Crippen molar-refractivity contribution >= 4 is 28.4 Å². The molecule has 0 radical (unpaired) electrons. The van der Waals surface area contributed by atoms with Crippen molar-refractivity contribution in [3.8, 4) is 0 Å². The van der Waals surface area contributed by atoms with E-state index in [-0.39, 0.29) is 17.1 Å². The van der Waals surface area contributed by atoms with Gasteiger partial charge in [-0.2, -0.15) is 0 Å². The predicted molar refractivity (Wildman–Crippen MR) is 123 cm³/mol. The quantitative estimate of drug-likeness (QED) is 0.228. The summed E-state index contributed by atoms with van der Waals surface area (Å²) in [6.45, 7) is 9.23. The van der Waals surface area contributed by atoms with Crippen molar-refractivity contribution in [3.05, 3.63) is 68.5 Å². The number of para-hydroxylation sites is 1. The van der Waals surface area contributed by atoms with Crippen molar-refractivity contribution in [2.24, 2.45) is 0 Å². The number of ketones is 1. The first-order valence-electron chi connectivity index (χ1n) is 10.1. The maximum atomic E-state index is 13.0. The van der Waals surface area contributed by atoms with Gasteiger partial charge in [-0.15, -0.1) is 0 Å². The van der Waals surface area contributed by atoms with Crippen LogP contribution in [0.15, 0.2) is 40.3 Å². The van der Waals surface area contributed by atoms with Gasteiger partial charge in [-0.1, -0.05) is 23.9 Å². The number of methoxy groups -OCH3 is 1. The number of ether oxygens (including phenoxy) is 1. The Morgan fingerprint density at radius 1 is 1.10 bits per heavy atom. The molecular weight excluding hydrogens is 396 g/mol. The highest BCUT2D eigenvalue weighted by atomic mass is 32.2. The molecule has 0 aliphatic carbocycles. The fourth-order valence-corrected chi connectivity index (χ4v) is 4.44. The number of hydrogen-bond acceptors (Lipinski definition) is 5. The number of aryl methyl sites for hydroxylation is 1. The Hall–Kier alpha value is -2.44. The zero-order chi connectivity index (χ0) is 21.8. The lowest BCUT2D eigenvalue weighted by Gasteiger charge is -2.15. The molecule has 5 nitrogen and oxygen atoms in total. The molecule has 3 rings (SSSR count). The van der Waals surface area contributed by atoms with Gasteiger partial charge in [0.1, 0.15) is 0 Å². The highest BCUT2D eigenvalue weighted by molar-refractivity contribution is 7.99. The Morgan fingerprint density at radius 3 is 2.57 bits per heavy atom. The first-order chi connectivity index (χ1) is 14.3. The molecular formula is C24H28N2O3S. The van der Waals surface area contributed by atoms with E-state index in [1.54, 1.807) is 17.7 Å². The van der Waals surface area contributed by atoms with E-state index in [1.165, 1.54) is 17.3 Å². The Kier molecular flexibility index (Phi) is 7.10. The second-order valence-corrected chi connectivity index (χ2v) is 8.49. The van der Waals surface area contributed by atoms with E-state index < -0.39 is 0 Å². The van der Waals surface area contributed by atoms with E-state index in [0.717, 1.165) is 22.3 Å². The number of carbonyl (C=O) groups is 1. The van der Waals surface area contributed by atoms with Crippen molar-refractivity contribution in [2.75, 3.05) is 19.5 Å². The van der Waals surface area contributed by atoms with Crippen molar-refractivity contribution in [2.45, 2.75) is 45.8 Å². The number of benzene rings is 2. The molecule has 6 heteroatoms. The maximum absolute atomic E-state index is 13.0. The monoisotopic (exact) mass is 424 g/mol. The third-order valence-electron chi connectivity index (χ3n) is 5.67. The minimum atomic E-state index is -0.0788. The van der Waals surface area contributed by atoms with Gasteiger partial charge >= 0.3 is 0 Å². The minimum Gasteiger partial charge on any atom is -0.385 e. The van der Waals surface area contributed by atoms with Gasteiger partial charge in [0.25, 0.3) is 5.56 Å². The third kappa shape index (κ3) is 4.50. The molecule has 158 valence electrons. The van der Waals surface area contributed by atoms with Crippen LogP contribution in [0, 0.1) is 27.7 Å².